The normalized spacial score (nSPS) is 10.7. The Bertz CT molecular complexity index is 759. The second-order valence-corrected chi connectivity index (χ2v) is 6.08. The SMILES string of the molecule is CCCCCCNC(=O)COC(=O)c1ccc2nc(C)c(C)nc2c1. The van der Waals surface area contributed by atoms with E-state index in [0.717, 1.165) is 42.6 Å². The summed E-state index contributed by atoms with van der Waals surface area (Å²) in [5, 5.41) is 2.75. The lowest BCUT2D eigenvalue weighted by molar-refractivity contribution is -0.124. The molecule has 1 aromatic heterocycles. The predicted molar refractivity (Wildman–Crippen MR) is 96.4 cm³/mol. The molecule has 1 aromatic carbocycles. The molecule has 0 saturated carbocycles. The Labute approximate surface area is 148 Å². The van der Waals surface area contributed by atoms with Crippen molar-refractivity contribution in [2.24, 2.45) is 0 Å². The van der Waals surface area contributed by atoms with Crippen molar-refractivity contribution in [3.63, 3.8) is 0 Å². The molecule has 0 radical (unpaired) electrons. The largest absolute Gasteiger partial charge is 0.452 e. The van der Waals surface area contributed by atoms with Gasteiger partial charge >= 0.3 is 5.97 Å². The third-order valence-corrected chi connectivity index (χ3v) is 4.00. The number of rotatable bonds is 8. The molecule has 6 heteroatoms. The molecule has 0 fully saturated rings. The Balaban J connectivity index is 1.87. The molecule has 1 amide bonds. The van der Waals surface area contributed by atoms with E-state index in [2.05, 4.69) is 22.2 Å². The first kappa shape index (κ1) is 18.8. The van der Waals surface area contributed by atoms with Gasteiger partial charge in [-0.3, -0.25) is 4.79 Å². The fourth-order valence-corrected chi connectivity index (χ4v) is 2.40. The number of hydrogen-bond donors (Lipinski definition) is 1. The first-order valence-electron chi connectivity index (χ1n) is 8.70. The van der Waals surface area contributed by atoms with Crippen LogP contribution in [0.15, 0.2) is 18.2 Å². The monoisotopic (exact) mass is 343 g/mol. The average molecular weight is 343 g/mol. The molecule has 0 unspecified atom stereocenters. The molecule has 0 bridgehead atoms. The summed E-state index contributed by atoms with van der Waals surface area (Å²) in [4.78, 5) is 32.7. The van der Waals surface area contributed by atoms with Gasteiger partial charge in [-0.25, -0.2) is 14.8 Å². The van der Waals surface area contributed by atoms with Gasteiger partial charge in [0.15, 0.2) is 6.61 Å². The Morgan fingerprint density at radius 2 is 1.76 bits per heavy atom. The van der Waals surface area contributed by atoms with Crippen LogP contribution in [-0.4, -0.2) is 35.0 Å². The van der Waals surface area contributed by atoms with Crippen molar-refractivity contribution in [3.8, 4) is 0 Å². The number of amides is 1. The van der Waals surface area contributed by atoms with Gasteiger partial charge in [0.1, 0.15) is 0 Å². The van der Waals surface area contributed by atoms with Crippen molar-refractivity contribution in [1.29, 1.82) is 0 Å². The van der Waals surface area contributed by atoms with E-state index in [1.807, 2.05) is 13.8 Å². The zero-order valence-electron chi connectivity index (χ0n) is 15.1. The van der Waals surface area contributed by atoms with Crippen LogP contribution in [-0.2, 0) is 9.53 Å². The highest BCUT2D eigenvalue weighted by Crippen LogP contribution is 2.15. The minimum atomic E-state index is -0.539. The average Bonchev–Trinajstić information content (AvgIpc) is 2.60. The number of benzene rings is 1. The van der Waals surface area contributed by atoms with Gasteiger partial charge in [-0.1, -0.05) is 26.2 Å². The molecule has 1 N–H and O–H groups in total. The predicted octanol–water partition coefficient (Wildman–Crippen LogP) is 3.10. The molecular formula is C19H25N3O3. The van der Waals surface area contributed by atoms with E-state index < -0.39 is 5.97 Å². The van der Waals surface area contributed by atoms with Gasteiger partial charge in [0.2, 0.25) is 0 Å². The van der Waals surface area contributed by atoms with Crippen molar-refractivity contribution in [3.05, 3.63) is 35.2 Å². The lowest BCUT2D eigenvalue weighted by Crippen LogP contribution is -2.29. The summed E-state index contributed by atoms with van der Waals surface area (Å²) in [6.45, 7) is 6.24. The van der Waals surface area contributed by atoms with E-state index in [9.17, 15) is 9.59 Å². The topological polar surface area (TPSA) is 81.2 Å². The number of aryl methyl sites for hydroxylation is 2. The van der Waals surface area contributed by atoms with Gasteiger partial charge in [0, 0.05) is 6.54 Å². The van der Waals surface area contributed by atoms with Gasteiger partial charge in [-0.2, -0.15) is 0 Å². The zero-order valence-corrected chi connectivity index (χ0v) is 15.1. The molecule has 0 aliphatic rings. The van der Waals surface area contributed by atoms with Crippen LogP contribution in [0.3, 0.4) is 0 Å². The van der Waals surface area contributed by atoms with Crippen LogP contribution < -0.4 is 5.32 Å². The van der Waals surface area contributed by atoms with Crippen LogP contribution in [0.5, 0.6) is 0 Å². The van der Waals surface area contributed by atoms with Crippen LogP contribution in [0.4, 0.5) is 0 Å². The summed E-state index contributed by atoms with van der Waals surface area (Å²) in [6, 6.07) is 5.01. The molecule has 134 valence electrons. The second kappa shape index (κ2) is 9.11. The van der Waals surface area contributed by atoms with Crippen LogP contribution in [0, 0.1) is 13.8 Å². The number of hydrogen-bond acceptors (Lipinski definition) is 5. The number of carbonyl (C=O) groups excluding carboxylic acids is 2. The molecule has 25 heavy (non-hydrogen) atoms. The summed E-state index contributed by atoms with van der Waals surface area (Å²) in [5.74, 6) is -0.819. The van der Waals surface area contributed by atoms with E-state index in [0.29, 0.717) is 17.6 Å². The van der Waals surface area contributed by atoms with Crippen molar-refractivity contribution in [1.82, 2.24) is 15.3 Å². The van der Waals surface area contributed by atoms with Crippen molar-refractivity contribution in [2.75, 3.05) is 13.2 Å². The fraction of sp³-hybridized carbons (Fsp3) is 0.474. The van der Waals surface area contributed by atoms with Crippen LogP contribution in [0.2, 0.25) is 0 Å². The summed E-state index contributed by atoms with van der Waals surface area (Å²) in [5.41, 5.74) is 3.40. The van der Waals surface area contributed by atoms with E-state index in [1.54, 1.807) is 18.2 Å². The zero-order chi connectivity index (χ0) is 18.2. The van der Waals surface area contributed by atoms with E-state index in [4.69, 9.17) is 4.74 Å². The van der Waals surface area contributed by atoms with Crippen molar-refractivity contribution < 1.29 is 14.3 Å². The number of ether oxygens (including phenoxy) is 1. The number of nitrogens with one attached hydrogen (secondary N) is 1. The molecule has 0 saturated heterocycles. The van der Waals surface area contributed by atoms with Crippen molar-refractivity contribution in [2.45, 2.75) is 46.5 Å². The fourth-order valence-electron chi connectivity index (χ4n) is 2.40. The third kappa shape index (κ3) is 5.52. The van der Waals surface area contributed by atoms with Gasteiger partial charge in [0.25, 0.3) is 5.91 Å². The van der Waals surface area contributed by atoms with Crippen LogP contribution >= 0.6 is 0 Å². The lowest BCUT2D eigenvalue weighted by atomic mass is 10.2. The van der Waals surface area contributed by atoms with Crippen LogP contribution in [0.1, 0.15) is 54.4 Å². The highest BCUT2D eigenvalue weighted by Gasteiger charge is 2.12. The summed E-state index contributed by atoms with van der Waals surface area (Å²) < 4.78 is 5.07. The number of unbranched alkanes of at least 4 members (excludes halogenated alkanes) is 3. The quantitative estimate of drug-likeness (QED) is 0.588. The number of aromatic nitrogens is 2. The Hall–Kier alpha value is -2.50. The second-order valence-electron chi connectivity index (χ2n) is 6.08. The summed E-state index contributed by atoms with van der Waals surface area (Å²) >= 11 is 0. The molecular weight excluding hydrogens is 318 g/mol. The molecule has 0 aliphatic heterocycles. The minimum Gasteiger partial charge on any atom is -0.452 e. The maximum Gasteiger partial charge on any atom is 0.338 e. The van der Waals surface area contributed by atoms with Crippen molar-refractivity contribution >= 4 is 22.9 Å². The number of esters is 1. The standard InChI is InChI=1S/C19H25N3O3/c1-4-5-6-7-10-20-18(23)12-25-19(24)15-8-9-16-17(11-15)22-14(3)13(2)21-16/h8-9,11H,4-7,10,12H2,1-3H3,(H,20,23). The maximum absolute atomic E-state index is 12.1. The maximum atomic E-state index is 12.1. The summed E-state index contributed by atoms with van der Waals surface area (Å²) in [7, 11) is 0. The Kier molecular flexibility index (Phi) is 6.86. The first-order valence-corrected chi connectivity index (χ1v) is 8.70. The molecule has 0 aliphatic carbocycles. The molecule has 2 aromatic rings. The number of fused-ring (bicyclic) bond motifs is 1. The highest BCUT2D eigenvalue weighted by atomic mass is 16.5. The molecule has 1 heterocycles. The number of nitrogens with zero attached hydrogens (tertiary/aromatic N) is 2. The van der Waals surface area contributed by atoms with E-state index >= 15 is 0 Å². The first-order chi connectivity index (χ1) is 12.0. The lowest BCUT2D eigenvalue weighted by Gasteiger charge is -2.07. The Morgan fingerprint density at radius 3 is 2.48 bits per heavy atom. The third-order valence-electron chi connectivity index (χ3n) is 4.00. The van der Waals surface area contributed by atoms with Gasteiger partial charge < -0.3 is 10.1 Å². The summed E-state index contributed by atoms with van der Waals surface area (Å²) in [6.07, 6.45) is 4.35. The highest BCUT2D eigenvalue weighted by molar-refractivity contribution is 5.94. The molecule has 0 atom stereocenters. The van der Waals surface area contributed by atoms with Gasteiger partial charge in [-0.05, 0) is 38.5 Å². The van der Waals surface area contributed by atoms with E-state index in [1.165, 1.54) is 0 Å². The minimum absolute atomic E-state index is 0.275. The molecule has 2 rings (SSSR count). The van der Waals surface area contributed by atoms with Crippen LogP contribution in [0.25, 0.3) is 11.0 Å². The van der Waals surface area contributed by atoms with Gasteiger partial charge in [-0.15, -0.1) is 0 Å². The Morgan fingerprint density at radius 1 is 1.04 bits per heavy atom. The number of carbonyl (C=O) groups is 2. The molecule has 0 spiro atoms. The van der Waals surface area contributed by atoms with Gasteiger partial charge in [0.05, 0.1) is 28.0 Å². The molecule has 6 nitrogen and oxygen atoms in total. The van der Waals surface area contributed by atoms with E-state index in [-0.39, 0.29) is 12.5 Å². The smallest absolute Gasteiger partial charge is 0.338 e.